The van der Waals surface area contributed by atoms with Gasteiger partial charge in [0.1, 0.15) is 0 Å². The van der Waals surface area contributed by atoms with E-state index in [9.17, 15) is 4.79 Å². The molecule has 1 aromatic carbocycles. The van der Waals surface area contributed by atoms with Gasteiger partial charge in [-0.1, -0.05) is 35.8 Å². The van der Waals surface area contributed by atoms with Crippen LogP contribution >= 0.6 is 11.6 Å². The molecule has 0 aliphatic heterocycles. The Kier molecular flexibility index (Phi) is 4.13. The first-order valence-electron chi connectivity index (χ1n) is 4.21. The van der Waals surface area contributed by atoms with Crippen LogP contribution in [-0.2, 0) is 9.63 Å². The fourth-order valence-corrected chi connectivity index (χ4v) is 0.885. The molecule has 0 aliphatic rings. The van der Waals surface area contributed by atoms with Crippen LogP contribution in [0.1, 0.15) is 18.9 Å². The lowest BCUT2D eigenvalue weighted by Crippen LogP contribution is -1.96. The quantitative estimate of drug-likeness (QED) is 0.438. The topological polar surface area (TPSA) is 38.7 Å². The lowest BCUT2D eigenvalue weighted by Gasteiger charge is -1.93. The van der Waals surface area contributed by atoms with E-state index in [2.05, 4.69) is 9.99 Å². The van der Waals surface area contributed by atoms with Crippen LogP contribution in [0.4, 0.5) is 0 Å². The summed E-state index contributed by atoms with van der Waals surface area (Å²) in [6.07, 6.45) is 1.78. The molecule has 0 aliphatic carbocycles. The third-order valence-corrected chi connectivity index (χ3v) is 1.77. The van der Waals surface area contributed by atoms with Crippen molar-refractivity contribution in [2.45, 2.75) is 13.3 Å². The number of rotatable bonds is 3. The molecular weight excluding hydrogens is 202 g/mol. The van der Waals surface area contributed by atoms with E-state index in [0.717, 1.165) is 5.56 Å². The van der Waals surface area contributed by atoms with Crippen molar-refractivity contribution in [3.63, 3.8) is 0 Å². The molecule has 0 N–H and O–H groups in total. The predicted molar refractivity (Wildman–Crippen MR) is 55.4 cm³/mol. The SMILES string of the molecule is CCC(=O)ON=Cc1ccc(Cl)cc1. The van der Waals surface area contributed by atoms with Crippen molar-refractivity contribution >= 4 is 23.8 Å². The maximum Gasteiger partial charge on any atom is 0.334 e. The van der Waals surface area contributed by atoms with Gasteiger partial charge in [0.05, 0.1) is 6.21 Å². The summed E-state index contributed by atoms with van der Waals surface area (Å²) in [5, 5.41) is 4.18. The van der Waals surface area contributed by atoms with Crippen LogP contribution in [0.5, 0.6) is 0 Å². The van der Waals surface area contributed by atoms with Crippen LogP contribution in [0.15, 0.2) is 29.4 Å². The van der Waals surface area contributed by atoms with Gasteiger partial charge in [0.15, 0.2) is 0 Å². The van der Waals surface area contributed by atoms with Crippen LogP contribution in [0, 0.1) is 0 Å². The highest BCUT2D eigenvalue weighted by Gasteiger charge is 1.94. The van der Waals surface area contributed by atoms with Crippen molar-refractivity contribution < 1.29 is 9.63 Å². The summed E-state index contributed by atoms with van der Waals surface area (Å²) in [6.45, 7) is 1.71. The number of benzene rings is 1. The van der Waals surface area contributed by atoms with Crippen molar-refractivity contribution in [3.8, 4) is 0 Å². The van der Waals surface area contributed by atoms with E-state index < -0.39 is 0 Å². The Morgan fingerprint density at radius 1 is 1.50 bits per heavy atom. The van der Waals surface area contributed by atoms with Crippen LogP contribution < -0.4 is 0 Å². The van der Waals surface area contributed by atoms with Gasteiger partial charge >= 0.3 is 5.97 Å². The lowest BCUT2D eigenvalue weighted by atomic mass is 10.2. The van der Waals surface area contributed by atoms with Crippen LogP contribution in [0.25, 0.3) is 0 Å². The second-order valence-electron chi connectivity index (χ2n) is 2.60. The Labute approximate surface area is 87.3 Å². The van der Waals surface area contributed by atoms with E-state index in [4.69, 9.17) is 11.6 Å². The molecule has 14 heavy (non-hydrogen) atoms. The van der Waals surface area contributed by atoms with E-state index >= 15 is 0 Å². The number of carbonyl (C=O) groups is 1. The van der Waals surface area contributed by atoms with E-state index in [-0.39, 0.29) is 5.97 Å². The second kappa shape index (κ2) is 5.40. The molecule has 0 unspecified atom stereocenters. The van der Waals surface area contributed by atoms with Crippen LogP contribution in [0.2, 0.25) is 5.02 Å². The number of nitrogens with zero attached hydrogens (tertiary/aromatic N) is 1. The molecule has 0 atom stereocenters. The minimum absolute atomic E-state index is 0.317. The average Bonchev–Trinajstić information content (AvgIpc) is 2.21. The molecule has 1 aromatic rings. The van der Waals surface area contributed by atoms with Gasteiger partial charge in [0.2, 0.25) is 0 Å². The molecule has 0 amide bonds. The summed E-state index contributed by atoms with van der Waals surface area (Å²) in [5.74, 6) is -0.352. The zero-order valence-electron chi connectivity index (χ0n) is 7.74. The van der Waals surface area contributed by atoms with Crippen LogP contribution in [0.3, 0.4) is 0 Å². The normalized spacial score (nSPS) is 10.4. The highest BCUT2D eigenvalue weighted by molar-refractivity contribution is 6.30. The van der Waals surface area contributed by atoms with Gasteiger partial charge in [-0.15, -0.1) is 0 Å². The van der Waals surface area contributed by atoms with Gasteiger partial charge in [0.25, 0.3) is 0 Å². The van der Waals surface area contributed by atoms with Crippen LogP contribution in [-0.4, -0.2) is 12.2 Å². The standard InChI is InChI=1S/C10H10ClNO2/c1-2-10(13)14-12-7-8-3-5-9(11)6-4-8/h3-7H,2H2,1H3. The van der Waals surface area contributed by atoms with Gasteiger partial charge in [-0.25, -0.2) is 4.79 Å². The Hall–Kier alpha value is -1.35. The number of halogens is 1. The average molecular weight is 212 g/mol. The van der Waals surface area contributed by atoms with Gasteiger partial charge in [-0.05, 0) is 17.7 Å². The summed E-state index contributed by atoms with van der Waals surface area (Å²) in [7, 11) is 0. The molecule has 1 rings (SSSR count). The number of oxime groups is 1. The van der Waals surface area contributed by atoms with Crippen molar-refractivity contribution in [2.24, 2.45) is 5.16 Å². The second-order valence-corrected chi connectivity index (χ2v) is 3.04. The zero-order chi connectivity index (χ0) is 10.4. The van der Waals surface area contributed by atoms with E-state index in [1.807, 2.05) is 0 Å². The lowest BCUT2D eigenvalue weighted by molar-refractivity contribution is -0.143. The third-order valence-electron chi connectivity index (χ3n) is 1.51. The third kappa shape index (κ3) is 3.58. The molecule has 0 bridgehead atoms. The maximum atomic E-state index is 10.7. The Morgan fingerprint density at radius 3 is 2.71 bits per heavy atom. The number of carbonyl (C=O) groups excluding carboxylic acids is 1. The summed E-state index contributed by atoms with van der Waals surface area (Å²) in [6, 6.07) is 7.05. The molecule has 3 nitrogen and oxygen atoms in total. The van der Waals surface area contributed by atoms with Crippen molar-refractivity contribution in [1.29, 1.82) is 0 Å². The maximum absolute atomic E-state index is 10.7. The van der Waals surface area contributed by atoms with Gasteiger partial charge < -0.3 is 4.84 Å². The zero-order valence-corrected chi connectivity index (χ0v) is 8.49. The first-order chi connectivity index (χ1) is 6.72. The van der Waals surface area contributed by atoms with Crippen molar-refractivity contribution in [1.82, 2.24) is 0 Å². The molecule has 74 valence electrons. The Balaban J connectivity index is 2.52. The molecule has 0 saturated carbocycles. The highest BCUT2D eigenvalue weighted by atomic mass is 35.5. The van der Waals surface area contributed by atoms with Gasteiger partial charge in [0, 0.05) is 11.4 Å². The number of hydrogen-bond acceptors (Lipinski definition) is 3. The molecule has 4 heteroatoms. The first-order valence-corrected chi connectivity index (χ1v) is 4.59. The summed E-state index contributed by atoms with van der Waals surface area (Å²) in [4.78, 5) is 15.2. The summed E-state index contributed by atoms with van der Waals surface area (Å²) >= 11 is 5.69. The highest BCUT2D eigenvalue weighted by Crippen LogP contribution is 2.07. The Morgan fingerprint density at radius 2 is 2.14 bits per heavy atom. The minimum Gasteiger partial charge on any atom is -0.318 e. The van der Waals surface area contributed by atoms with Gasteiger partial charge in [-0.3, -0.25) is 0 Å². The predicted octanol–water partition coefficient (Wildman–Crippen LogP) is 2.63. The molecule has 0 fully saturated rings. The van der Waals surface area contributed by atoms with Gasteiger partial charge in [-0.2, -0.15) is 0 Å². The molecule has 0 heterocycles. The summed E-state index contributed by atoms with van der Waals surface area (Å²) in [5.41, 5.74) is 0.832. The molecule has 0 radical (unpaired) electrons. The fraction of sp³-hybridized carbons (Fsp3) is 0.200. The first kappa shape index (κ1) is 10.7. The number of hydrogen-bond donors (Lipinski definition) is 0. The Bertz CT molecular complexity index is 332. The van der Waals surface area contributed by atoms with Crippen molar-refractivity contribution in [2.75, 3.05) is 0 Å². The van der Waals surface area contributed by atoms with E-state index in [1.54, 1.807) is 31.2 Å². The monoisotopic (exact) mass is 211 g/mol. The van der Waals surface area contributed by atoms with E-state index in [1.165, 1.54) is 6.21 Å². The molecule has 0 aromatic heterocycles. The molecule has 0 spiro atoms. The van der Waals surface area contributed by atoms with Crippen molar-refractivity contribution in [3.05, 3.63) is 34.9 Å². The van der Waals surface area contributed by atoms with E-state index in [0.29, 0.717) is 11.4 Å². The largest absolute Gasteiger partial charge is 0.334 e. The molecule has 0 saturated heterocycles. The fourth-order valence-electron chi connectivity index (χ4n) is 0.759. The minimum atomic E-state index is -0.352. The summed E-state index contributed by atoms with van der Waals surface area (Å²) < 4.78 is 0. The molecular formula is C10H10ClNO2. The smallest absolute Gasteiger partial charge is 0.318 e.